The zero-order chi connectivity index (χ0) is 17.6. The Labute approximate surface area is 146 Å². The van der Waals surface area contributed by atoms with Crippen LogP contribution in [0.1, 0.15) is 17.4 Å². The highest BCUT2D eigenvalue weighted by molar-refractivity contribution is 5.92. The molecule has 0 radical (unpaired) electrons. The van der Waals surface area contributed by atoms with Gasteiger partial charge < -0.3 is 14.7 Å². The molecule has 2 heterocycles. The molecule has 7 nitrogen and oxygen atoms in total. The first-order valence-electron chi connectivity index (χ1n) is 8.36. The Morgan fingerprint density at radius 2 is 1.84 bits per heavy atom. The third kappa shape index (κ3) is 3.76. The van der Waals surface area contributed by atoms with Crippen LogP contribution in [0, 0.1) is 0 Å². The van der Waals surface area contributed by atoms with Crippen molar-refractivity contribution >= 4 is 23.8 Å². The first-order valence-corrected chi connectivity index (χ1v) is 8.36. The second-order valence-corrected chi connectivity index (χ2v) is 5.77. The Morgan fingerprint density at radius 1 is 1.12 bits per heavy atom. The second kappa shape index (κ2) is 7.74. The predicted molar refractivity (Wildman–Crippen MR) is 94.7 cm³/mol. The fourth-order valence-electron chi connectivity index (χ4n) is 2.85. The number of rotatable bonds is 5. The molecule has 25 heavy (non-hydrogen) atoms. The number of aromatic nitrogens is 2. The molecule has 1 aromatic carbocycles. The summed E-state index contributed by atoms with van der Waals surface area (Å²) < 4.78 is 0. The molecule has 0 spiro atoms. The van der Waals surface area contributed by atoms with Gasteiger partial charge in [-0.15, -0.1) is 0 Å². The van der Waals surface area contributed by atoms with Crippen molar-refractivity contribution < 1.29 is 9.59 Å². The van der Waals surface area contributed by atoms with Crippen LogP contribution in [0.3, 0.4) is 0 Å². The van der Waals surface area contributed by atoms with Crippen LogP contribution in [-0.4, -0.2) is 64.8 Å². The Morgan fingerprint density at radius 3 is 2.40 bits per heavy atom. The quantitative estimate of drug-likeness (QED) is 0.773. The number of carbonyl (C=O) groups excluding carboxylic acids is 2. The van der Waals surface area contributed by atoms with E-state index in [0.29, 0.717) is 37.7 Å². The van der Waals surface area contributed by atoms with Gasteiger partial charge in [-0.25, -0.2) is 9.97 Å². The number of benzene rings is 1. The lowest BCUT2D eigenvalue weighted by molar-refractivity contribution is -0.119. The zero-order valence-electron chi connectivity index (χ0n) is 14.2. The molecule has 2 aromatic rings. The molecule has 1 aliphatic rings. The van der Waals surface area contributed by atoms with Crippen LogP contribution < -0.4 is 4.90 Å². The van der Waals surface area contributed by atoms with E-state index in [0.717, 1.165) is 18.6 Å². The number of amides is 2. The Balaban J connectivity index is 1.71. The van der Waals surface area contributed by atoms with Crippen LogP contribution in [0.25, 0.3) is 0 Å². The zero-order valence-corrected chi connectivity index (χ0v) is 14.2. The van der Waals surface area contributed by atoms with Crippen LogP contribution in [0.15, 0.2) is 42.7 Å². The number of para-hydroxylation sites is 1. The lowest BCUT2D eigenvalue weighted by Crippen LogP contribution is -2.48. The van der Waals surface area contributed by atoms with Crippen molar-refractivity contribution in [2.24, 2.45) is 0 Å². The van der Waals surface area contributed by atoms with Crippen LogP contribution in [0.5, 0.6) is 0 Å². The molecule has 1 aromatic heterocycles. The first kappa shape index (κ1) is 16.9. The predicted octanol–water partition coefficient (Wildman–Crippen LogP) is 1.55. The summed E-state index contributed by atoms with van der Waals surface area (Å²) >= 11 is 0. The molecule has 2 amide bonds. The van der Waals surface area contributed by atoms with Crippen LogP contribution >= 0.6 is 0 Å². The number of nitrogens with zero attached hydrogens (tertiary/aromatic N) is 5. The number of anilines is 2. The van der Waals surface area contributed by atoms with E-state index in [9.17, 15) is 9.59 Å². The smallest absolute Gasteiger partial charge is 0.274 e. The van der Waals surface area contributed by atoms with Crippen molar-refractivity contribution in [2.75, 3.05) is 37.6 Å². The highest BCUT2D eigenvalue weighted by Crippen LogP contribution is 2.22. The molecule has 0 atom stereocenters. The van der Waals surface area contributed by atoms with Crippen LogP contribution in [0.2, 0.25) is 0 Å². The average Bonchev–Trinajstić information content (AvgIpc) is 2.69. The minimum absolute atomic E-state index is 0.146. The van der Waals surface area contributed by atoms with E-state index in [1.54, 1.807) is 16.0 Å². The lowest BCUT2D eigenvalue weighted by atomic mass is 10.3. The van der Waals surface area contributed by atoms with Crippen molar-refractivity contribution in [3.8, 4) is 0 Å². The Hall–Kier alpha value is -2.96. The van der Waals surface area contributed by atoms with Gasteiger partial charge in [0.2, 0.25) is 6.41 Å². The average molecular weight is 339 g/mol. The van der Waals surface area contributed by atoms with Gasteiger partial charge in [0, 0.05) is 38.4 Å². The summed E-state index contributed by atoms with van der Waals surface area (Å²) in [6.45, 7) is 4.94. The van der Waals surface area contributed by atoms with Gasteiger partial charge >= 0.3 is 0 Å². The second-order valence-electron chi connectivity index (χ2n) is 5.77. The molecule has 0 N–H and O–H groups in total. The molecule has 0 unspecified atom stereocenters. The molecule has 0 saturated carbocycles. The van der Waals surface area contributed by atoms with E-state index in [2.05, 4.69) is 9.97 Å². The van der Waals surface area contributed by atoms with Crippen LogP contribution in [0.4, 0.5) is 11.5 Å². The van der Waals surface area contributed by atoms with Gasteiger partial charge in [-0.05, 0) is 19.1 Å². The molecular weight excluding hydrogens is 318 g/mol. The lowest BCUT2D eigenvalue weighted by Gasteiger charge is -2.32. The van der Waals surface area contributed by atoms with Gasteiger partial charge in [-0.2, -0.15) is 0 Å². The van der Waals surface area contributed by atoms with Crippen molar-refractivity contribution in [3.63, 3.8) is 0 Å². The maximum absolute atomic E-state index is 12.5. The van der Waals surface area contributed by atoms with Gasteiger partial charge in [0.15, 0.2) is 5.82 Å². The molecule has 1 saturated heterocycles. The maximum Gasteiger partial charge on any atom is 0.274 e. The SMILES string of the molecule is CCN(c1ccccc1)c1cnc(C(=O)N2CCN(C=O)CC2)cn1. The van der Waals surface area contributed by atoms with E-state index < -0.39 is 0 Å². The summed E-state index contributed by atoms with van der Waals surface area (Å²) in [5, 5.41) is 0. The molecule has 0 bridgehead atoms. The normalized spacial score (nSPS) is 14.3. The molecule has 7 heteroatoms. The van der Waals surface area contributed by atoms with Gasteiger partial charge in [0.05, 0.1) is 12.4 Å². The largest absolute Gasteiger partial charge is 0.342 e. The molecule has 1 aliphatic heterocycles. The number of hydrogen-bond donors (Lipinski definition) is 0. The Kier molecular flexibility index (Phi) is 5.23. The highest BCUT2D eigenvalue weighted by Gasteiger charge is 2.22. The van der Waals surface area contributed by atoms with Gasteiger partial charge in [-0.1, -0.05) is 18.2 Å². The number of piperazine rings is 1. The van der Waals surface area contributed by atoms with Crippen molar-refractivity contribution in [2.45, 2.75) is 6.92 Å². The fraction of sp³-hybridized carbons (Fsp3) is 0.333. The molecule has 130 valence electrons. The topological polar surface area (TPSA) is 69.6 Å². The molecular formula is C18H21N5O2. The van der Waals surface area contributed by atoms with E-state index in [1.807, 2.05) is 42.2 Å². The van der Waals surface area contributed by atoms with E-state index in [-0.39, 0.29) is 5.91 Å². The van der Waals surface area contributed by atoms with E-state index in [4.69, 9.17) is 0 Å². The van der Waals surface area contributed by atoms with Gasteiger partial charge in [-0.3, -0.25) is 9.59 Å². The maximum atomic E-state index is 12.5. The van der Waals surface area contributed by atoms with Gasteiger partial charge in [0.1, 0.15) is 5.69 Å². The minimum atomic E-state index is -0.146. The van der Waals surface area contributed by atoms with Crippen LogP contribution in [-0.2, 0) is 4.79 Å². The van der Waals surface area contributed by atoms with Crippen molar-refractivity contribution in [1.29, 1.82) is 0 Å². The third-order valence-electron chi connectivity index (χ3n) is 4.27. The number of hydrogen-bond acceptors (Lipinski definition) is 5. The number of carbonyl (C=O) groups is 2. The summed E-state index contributed by atoms with van der Waals surface area (Å²) in [7, 11) is 0. The monoisotopic (exact) mass is 339 g/mol. The summed E-state index contributed by atoms with van der Waals surface area (Å²) in [6.07, 6.45) is 3.97. The summed E-state index contributed by atoms with van der Waals surface area (Å²) in [6, 6.07) is 9.94. The van der Waals surface area contributed by atoms with Crippen molar-refractivity contribution in [3.05, 3.63) is 48.4 Å². The Bertz CT molecular complexity index is 712. The third-order valence-corrected chi connectivity index (χ3v) is 4.27. The summed E-state index contributed by atoms with van der Waals surface area (Å²) in [5.41, 5.74) is 1.36. The summed E-state index contributed by atoms with van der Waals surface area (Å²) in [4.78, 5) is 37.4. The summed E-state index contributed by atoms with van der Waals surface area (Å²) in [5.74, 6) is 0.559. The first-order chi connectivity index (χ1) is 12.2. The highest BCUT2D eigenvalue weighted by atomic mass is 16.2. The van der Waals surface area contributed by atoms with E-state index >= 15 is 0 Å². The standard InChI is InChI=1S/C18H21N5O2/c1-2-23(15-6-4-3-5-7-15)17-13-19-16(12-20-17)18(25)22-10-8-21(14-24)9-11-22/h3-7,12-14H,2,8-11H2,1H3. The van der Waals surface area contributed by atoms with Gasteiger partial charge in [0.25, 0.3) is 5.91 Å². The van der Waals surface area contributed by atoms with Crippen molar-refractivity contribution in [1.82, 2.24) is 19.8 Å². The molecule has 0 aliphatic carbocycles. The molecule has 1 fully saturated rings. The van der Waals surface area contributed by atoms with E-state index in [1.165, 1.54) is 6.20 Å². The molecule has 3 rings (SSSR count). The fourth-order valence-corrected chi connectivity index (χ4v) is 2.85. The minimum Gasteiger partial charge on any atom is -0.342 e.